The van der Waals surface area contributed by atoms with Gasteiger partial charge in [0.15, 0.2) is 0 Å². The number of aryl methyl sites for hydroxylation is 1. The van der Waals surface area contributed by atoms with Crippen LogP contribution in [0.15, 0.2) is 11.1 Å². The molecule has 3 heterocycles. The lowest BCUT2D eigenvalue weighted by Crippen LogP contribution is -2.39. The Bertz CT molecular complexity index is 968. The normalized spacial score (nSPS) is 18.2. The number of thiophene rings is 1. The predicted molar refractivity (Wildman–Crippen MR) is 113 cm³/mol. The fourth-order valence-electron chi connectivity index (χ4n) is 4.38. The first-order chi connectivity index (χ1) is 14.0. The molecule has 0 atom stereocenters. The van der Waals surface area contributed by atoms with Gasteiger partial charge in [0, 0.05) is 19.1 Å². The quantitative estimate of drug-likeness (QED) is 0.831. The molecule has 4 rings (SSSR count). The smallest absolute Gasteiger partial charge is 0.262 e. The van der Waals surface area contributed by atoms with E-state index in [0.717, 1.165) is 58.0 Å². The molecule has 0 aromatic carbocycles. The zero-order chi connectivity index (χ0) is 20.4. The van der Waals surface area contributed by atoms with E-state index in [-0.39, 0.29) is 30.0 Å². The number of piperidine rings is 1. The van der Waals surface area contributed by atoms with Crippen molar-refractivity contribution in [2.75, 3.05) is 13.1 Å². The van der Waals surface area contributed by atoms with Gasteiger partial charge in [-0.2, -0.15) is 0 Å². The van der Waals surface area contributed by atoms with Crippen LogP contribution in [0, 0.1) is 6.92 Å². The zero-order valence-corrected chi connectivity index (χ0v) is 17.7. The van der Waals surface area contributed by atoms with Crippen LogP contribution < -0.4 is 10.9 Å². The summed E-state index contributed by atoms with van der Waals surface area (Å²) in [7, 11) is 0. The van der Waals surface area contributed by atoms with E-state index >= 15 is 0 Å². The summed E-state index contributed by atoms with van der Waals surface area (Å²) < 4.78 is 1.38. The van der Waals surface area contributed by atoms with Gasteiger partial charge in [0.1, 0.15) is 11.4 Å². The highest BCUT2D eigenvalue weighted by Crippen LogP contribution is 2.27. The molecule has 7 nitrogen and oxygen atoms in total. The van der Waals surface area contributed by atoms with Crippen LogP contribution in [0.4, 0.5) is 0 Å². The average Bonchev–Trinajstić information content (AvgIpc) is 3.08. The molecule has 0 radical (unpaired) electrons. The van der Waals surface area contributed by atoms with Crippen molar-refractivity contribution in [2.24, 2.45) is 0 Å². The summed E-state index contributed by atoms with van der Waals surface area (Å²) in [4.78, 5) is 45.7. The Hall–Kier alpha value is -2.22. The number of amides is 2. The van der Waals surface area contributed by atoms with Crippen LogP contribution in [0.25, 0.3) is 10.2 Å². The monoisotopic (exact) mass is 416 g/mol. The first kappa shape index (κ1) is 20.1. The van der Waals surface area contributed by atoms with Crippen LogP contribution in [0.3, 0.4) is 0 Å². The van der Waals surface area contributed by atoms with Gasteiger partial charge >= 0.3 is 0 Å². The van der Waals surface area contributed by atoms with Crippen LogP contribution in [-0.2, 0) is 11.3 Å². The van der Waals surface area contributed by atoms with Gasteiger partial charge in [0.25, 0.3) is 11.5 Å². The van der Waals surface area contributed by atoms with Gasteiger partial charge < -0.3 is 10.2 Å². The lowest BCUT2D eigenvalue weighted by molar-refractivity contribution is -0.132. The molecule has 2 fully saturated rings. The summed E-state index contributed by atoms with van der Waals surface area (Å²) >= 11 is 1.26. The van der Waals surface area contributed by atoms with Crippen molar-refractivity contribution < 1.29 is 9.59 Å². The second-order valence-corrected chi connectivity index (χ2v) is 9.16. The van der Waals surface area contributed by atoms with Crippen molar-refractivity contribution in [3.8, 4) is 0 Å². The summed E-state index contributed by atoms with van der Waals surface area (Å²) in [5.41, 5.74) is 0.418. The fourth-order valence-corrected chi connectivity index (χ4v) is 5.42. The first-order valence-corrected chi connectivity index (χ1v) is 11.4. The number of nitrogens with zero attached hydrogens (tertiary/aromatic N) is 3. The predicted octanol–water partition coefficient (Wildman–Crippen LogP) is 2.84. The van der Waals surface area contributed by atoms with E-state index in [9.17, 15) is 14.4 Å². The Kier molecular flexibility index (Phi) is 5.99. The van der Waals surface area contributed by atoms with Crippen molar-refractivity contribution >= 4 is 33.4 Å². The van der Waals surface area contributed by atoms with Gasteiger partial charge in [0.05, 0.1) is 16.6 Å². The van der Waals surface area contributed by atoms with Gasteiger partial charge in [-0.25, -0.2) is 4.98 Å². The minimum absolute atomic E-state index is 0.000659. The van der Waals surface area contributed by atoms with Gasteiger partial charge in [-0.15, -0.1) is 11.3 Å². The molecule has 1 N–H and O–H groups in total. The minimum atomic E-state index is -0.245. The minimum Gasteiger partial charge on any atom is -0.349 e. The number of hydrogen-bond donors (Lipinski definition) is 1. The molecule has 2 aromatic rings. The van der Waals surface area contributed by atoms with Crippen LogP contribution in [0.5, 0.6) is 0 Å². The second-order valence-electron chi connectivity index (χ2n) is 8.16. The number of nitrogens with one attached hydrogen (secondary N) is 1. The zero-order valence-electron chi connectivity index (χ0n) is 16.9. The molecule has 156 valence electrons. The van der Waals surface area contributed by atoms with E-state index in [0.29, 0.717) is 20.7 Å². The van der Waals surface area contributed by atoms with Gasteiger partial charge in [-0.1, -0.05) is 19.3 Å². The summed E-state index contributed by atoms with van der Waals surface area (Å²) in [5, 5.41) is 3.58. The Labute approximate surface area is 174 Å². The highest BCUT2D eigenvalue weighted by molar-refractivity contribution is 7.20. The van der Waals surface area contributed by atoms with Crippen molar-refractivity contribution in [3.63, 3.8) is 0 Å². The molecule has 0 bridgehead atoms. The third-order valence-electron chi connectivity index (χ3n) is 6.08. The molecule has 0 spiro atoms. The molecular weight excluding hydrogens is 388 g/mol. The maximum absolute atomic E-state index is 13.0. The van der Waals surface area contributed by atoms with E-state index in [2.05, 4.69) is 10.3 Å². The molecule has 29 heavy (non-hydrogen) atoms. The SMILES string of the molecule is Cc1c(C(=O)NC2CCCCC2)sc2ncn(CC(=O)N3CCCCC3)c(=O)c12. The largest absolute Gasteiger partial charge is 0.349 e. The standard InChI is InChI=1S/C21H28N4O3S/c1-14-17-20(29-18(14)19(27)23-15-8-4-2-5-9-15)22-13-25(21(17)28)12-16(26)24-10-6-3-7-11-24/h13,15H,2-12H2,1H3,(H,23,27). The molecular formula is C21H28N4O3S. The molecule has 2 amide bonds. The van der Waals surface area contributed by atoms with Gasteiger partial charge in [0.2, 0.25) is 5.91 Å². The van der Waals surface area contributed by atoms with E-state index in [4.69, 9.17) is 0 Å². The van der Waals surface area contributed by atoms with E-state index in [1.165, 1.54) is 28.7 Å². The Morgan fingerprint density at radius 3 is 2.55 bits per heavy atom. The van der Waals surface area contributed by atoms with Crippen molar-refractivity contribution in [2.45, 2.75) is 70.9 Å². The van der Waals surface area contributed by atoms with Gasteiger partial charge in [-0.3, -0.25) is 19.0 Å². The summed E-state index contributed by atoms with van der Waals surface area (Å²) in [6, 6.07) is 0.215. The summed E-state index contributed by atoms with van der Waals surface area (Å²) in [6.07, 6.45) is 10.2. The second kappa shape index (κ2) is 8.65. The number of aromatic nitrogens is 2. The lowest BCUT2D eigenvalue weighted by atomic mass is 9.95. The van der Waals surface area contributed by atoms with Crippen LogP contribution in [-0.4, -0.2) is 45.4 Å². The van der Waals surface area contributed by atoms with Crippen LogP contribution in [0.2, 0.25) is 0 Å². The molecule has 0 unspecified atom stereocenters. The topological polar surface area (TPSA) is 84.3 Å². The number of likely N-dealkylation sites (tertiary alicyclic amines) is 1. The third kappa shape index (κ3) is 4.22. The van der Waals surface area contributed by atoms with Crippen LogP contribution >= 0.6 is 11.3 Å². The number of carbonyl (C=O) groups is 2. The number of carbonyl (C=O) groups excluding carboxylic acids is 2. The maximum Gasteiger partial charge on any atom is 0.262 e. The van der Waals surface area contributed by atoms with Gasteiger partial charge in [-0.05, 0) is 44.6 Å². The first-order valence-electron chi connectivity index (χ1n) is 10.6. The lowest BCUT2D eigenvalue weighted by Gasteiger charge is -2.26. The Morgan fingerprint density at radius 2 is 1.83 bits per heavy atom. The molecule has 1 saturated heterocycles. The molecule has 8 heteroatoms. The summed E-state index contributed by atoms with van der Waals surface area (Å²) in [6.45, 7) is 3.31. The molecule has 2 aromatic heterocycles. The van der Waals surface area contributed by atoms with Crippen molar-refractivity contribution in [1.29, 1.82) is 0 Å². The highest BCUT2D eigenvalue weighted by Gasteiger charge is 2.23. The molecule has 2 aliphatic rings. The summed E-state index contributed by atoms with van der Waals surface area (Å²) in [5.74, 6) is -0.163. The highest BCUT2D eigenvalue weighted by atomic mass is 32.1. The van der Waals surface area contributed by atoms with Crippen molar-refractivity contribution in [1.82, 2.24) is 19.8 Å². The average molecular weight is 417 g/mol. The Morgan fingerprint density at radius 1 is 1.14 bits per heavy atom. The van der Waals surface area contributed by atoms with Crippen molar-refractivity contribution in [3.05, 3.63) is 27.1 Å². The molecule has 1 aliphatic heterocycles. The van der Waals surface area contributed by atoms with Crippen LogP contribution in [0.1, 0.15) is 66.6 Å². The number of fused-ring (bicyclic) bond motifs is 1. The number of rotatable bonds is 4. The van der Waals surface area contributed by atoms with E-state index in [1.807, 2.05) is 4.90 Å². The number of hydrogen-bond acceptors (Lipinski definition) is 5. The Balaban J connectivity index is 1.56. The third-order valence-corrected chi connectivity index (χ3v) is 7.28. The molecule has 1 saturated carbocycles. The van der Waals surface area contributed by atoms with E-state index in [1.54, 1.807) is 6.92 Å². The van der Waals surface area contributed by atoms with E-state index < -0.39 is 0 Å². The maximum atomic E-state index is 13.0. The fraction of sp³-hybridized carbons (Fsp3) is 0.619. The molecule has 1 aliphatic carbocycles.